The molecular weight excluding hydrogens is 296 g/mol. The fraction of sp³-hybridized carbons (Fsp3) is 0. The van der Waals surface area contributed by atoms with Crippen molar-refractivity contribution in [3.05, 3.63) is 46.6 Å². The molecule has 1 heterocycles. The van der Waals surface area contributed by atoms with E-state index in [1.165, 1.54) is 12.3 Å². The minimum absolute atomic E-state index is 0.252. The highest BCUT2D eigenvalue weighted by Crippen LogP contribution is 2.21. The number of nitrogens with zero attached hydrogens (tertiary/aromatic N) is 1. The fourth-order valence-electron chi connectivity index (χ4n) is 1.46. The van der Waals surface area contributed by atoms with Gasteiger partial charge >= 0.3 is 0 Å². The summed E-state index contributed by atoms with van der Waals surface area (Å²) < 4.78 is 0.943. The first-order valence-corrected chi connectivity index (χ1v) is 5.93. The van der Waals surface area contributed by atoms with E-state index in [1.807, 2.05) is 24.3 Å². The van der Waals surface area contributed by atoms with Gasteiger partial charge in [-0.15, -0.1) is 0 Å². The van der Waals surface area contributed by atoms with Crippen LogP contribution < -0.4 is 16.8 Å². The molecule has 0 aliphatic carbocycles. The first-order valence-electron chi connectivity index (χ1n) is 5.14. The van der Waals surface area contributed by atoms with Crippen LogP contribution >= 0.6 is 15.9 Å². The highest BCUT2D eigenvalue weighted by atomic mass is 79.9. The number of carbonyl (C=O) groups is 1. The van der Waals surface area contributed by atoms with Gasteiger partial charge in [-0.2, -0.15) is 0 Å². The van der Waals surface area contributed by atoms with Crippen LogP contribution in [0.4, 0.5) is 17.2 Å². The fourth-order valence-corrected chi connectivity index (χ4v) is 1.86. The van der Waals surface area contributed by atoms with Gasteiger partial charge in [0.25, 0.3) is 5.91 Å². The molecule has 0 aliphatic heterocycles. The maximum Gasteiger partial charge on any atom is 0.250 e. The molecule has 1 amide bonds. The molecule has 0 bridgehead atoms. The molecule has 92 valence electrons. The van der Waals surface area contributed by atoms with Crippen molar-refractivity contribution >= 4 is 39.0 Å². The van der Waals surface area contributed by atoms with E-state index in [-0.39, 0.29) is 11.3 Å². The number of anilines is 3. The molecule has 2 rings (SSSR count). The summed E-state index contributed by atoms with van der Waals surface area (Å²) >= 11 is 3.37. The van der Waals surface area contributed by atoms with Crippen LogP contribution in [0.25, 0.3) is 0 Å². The van der Waals surface area contributed by atoms with Gasteiger partial charge in [-0.05, 0) is 24.3 Å². The number of hydrogen-bond donors (Lipinski definition) is 3. The smallest absolute Gasteiger partial charge is 0.250 e. The van der Waals surface area contributed by atoms with Crippen LogP contribution in [0.1, 0.15) is 10.4 Å². The second kappa shape index (κ2) is 5.05. The number of nitrogens with two attached hydrogens (primary N) is 2. The lowest BCUT2D eigenvalue weighted by molar-refractivity contribution is 0.100. The van der Waals surface area contributed by atoms with E-state index >= 15 is 0 Å². The van der Waals surface area contributed by atoms with Gasteiger partial charge in [-0.3, -0.25) is 4.79 Å². The number of primary amides is 1. The van der Waals surface area contributed by atoms with E-state index in [4.69, 9.17) is 11.5 Å². The molecule has 1 aromatic carbocycles. The van der Waals surface area contributed by atoms with Crippen molar-refractivity contribution in [3.8, 4) is 0 Å². The van der Waals surface area contributed by atoms with Crippen LogP contribution in [0.5, 0.6) is 0 Å². The molecule has 0 unspecified atom stereocenters. The largest absolute Gasteiger partial charge is 0.397 e. The van der Waals surface area contributed by atoms with Crippen molar-refractivity contribution in [2.45, 2.75) is 0 Å². The standard InChI is InChI=1S/C12H11BrN4O/c13-7-2-1-3-8(4-7)17-11-5-9(12(15)18)10(14)6-16-11/h1-6H,14H2,(H2,15,18)(H,16,17). The lowest BCUT2D eigenvalue weighted by atomic mass is 10.2. The highest BCUT2D eigenvalue weighted by molar-refractivity contribution is 9.10. The number of halogens is 1. The molecule has 0 spiro atoms. The summed E-state index contributed by atoms with van der Waals surface area (Å²) in [6, 6.07) is 9.10. The van der Waals surface area contributed by atoms with Gasteiger partial charge in [0.05, 0.1) is 17.4 Å². The zero-order valence-corrected chi connectivity index (χ0v) is 10.9. The Morgan fingerprint density at radius 3 is 2.78 bits per heavy atom. The maximum absolute atomic E-state index is 11.2. The van der Waals surface area contributed by atoms with Crippen molar-refractivity contribution in [2.24, 2.45) is 5.73 Å². The van der Waals surface area contributed by atoms with E-state index in [1.54, 1.807) is 0 Å². The molecule has 0 saturated carbocycles. The van der Waals surface area contributed by atoms with Crippen LogP contribution in [0.3, 0.4) is 0 Å². The number of nitrogen functional groups attached to an aromatic ring is 1. The molecule has 1 aromatic heterocycles. The molecule has 0 saturated heterocycles. The van der Waals surface area contributed by atoms with Gasteiger partial charge in [0, 0.05) is 10.2 Å². The summed E-state index contributed by atoms with van der Waals surface area (Å²) in [5.74, 6) is -0.0664. The van der Waals surface area contributed by atoms with Crippen molar-refractivity contribution in [3.63, 3.8) is 0 Å². The quantitative estimate of drug-likeness (QED) is 0.810. The van der Waals surface area contributed by atoms with Gasteiger partial charge < -0.3 is 16.8 Å². The molecular formula is C12H11BrN4O. The second-order valence-electron chi connectivity index (χ2n) is 3.66. The molecule has 18 heavy (non-hydrogen) atoms. The average molecular weight is 307 g/mol. The minimum atomic E-state index is -0.577. The number of hydrogen-bond acceptors (Lipinski definition) is 4. The predicted octanol–water partition coefficient (Wildman–Crippen LogP) is 2.27. The van der Waals surface area contributed by atoms with Crippen LogP contribution in [0.15, 0.2) is 41.0 Å². The van der Waals surface area contributed by atoms with Crippen LogP contribution in [0.2, 0.25) is 0 Å². The summed E-state index contributed by atoms with van der Waals surface area (Å²) in [5, 5.41) is 3.06. The van der Waals surface area contributed by atoms with E-state index in [0.717, 1.165) is 10.2 Å². The number of pyridine rings is 1. The van der Waals surface area contributed by atoms with Crippen molar-refractivity contribution in [2.75, 3.05) is 11.1 Å². The summed E-state index contributed by atoms with van der Waals surface area (Å²) in [7, 11) is 0. The molecule has 0 atom stereocenters. The van der Waals surface area contributed by atoms with Gasteiger partial charge in [0.2, 0.25) is 0 Å². The number of rotatable bonds is 3. The van der Waals surface area contributed by atoms with E-state index in [0.29, 0.717) is 5.82 Å². The SMILES string of the molecule is NC(=O)c1cc(Nc2cccc(Br)c2)ncc1N. The summed E-state index contributed by atoms with van der Waals surface area (Å²) in [5.41, 5.74) is 12.2. The lowest BCUT2D eigenvalue weighted by Gasteiger charge is -2.08. The third-order valence-corrected chi connectivity index (χ3v) is 2.79. The first kappa shape index (κ1) is 12.4. The van der Waals surface area contributed by atoms with E-state index < -0.39 is 5.91 Å². The van der Waals surface area contributed by atoms with Crippen LogP contribution in [0, 0.1) is 0 Å². The zero-order valence-electron chi connectivity index (χ0n) is 9.35. The van der Waals surface area contributed by atoms with Gasteiger partial charge in [0.15, 0.2) is 0 Å². The average Bonchev–Trinajstić information content (AvgIpc) is 2.31. The molecule has 5 nitrogen and oxygen atoms in total. The molecule has 0 radical (unpaired) electrons. The van der Waals surface area contributed by atoms with E-state index in [9.17, 15) is 4.79 Å². The van der Waals surface area contributed by atoms with Crippen LogP contribution in [-0.4, -0.2) is 10.9 Å². The molecule has 2 aromatic rings. The van der Waals surface area contributed by atoms with Crippen molar-refractivity contribution in [1.82, 2.24) is 4.98 Å². The normalized spacial score (nSPS) is 10.1. The van der Waals surface area contributed by atoms with Crippen molar-refractivity contribution in [1.29, 1.82) is 0 Å². The summed E-state index contributed by atoms with van der Waals surface area (Å²) in [6.45, 7) is 0. The lowest BCUT2D eigenvalue weighted by Crippen LogP contribution is -2.14. The minimum Gasteiger partial charge on any atom is -0.397 e. The zero-order chi connectivity index (χ0) is 13.1. The second-order valence-corrected chi connectivity index (χ2v) is 4.57. The number of amides is 1. The highest BCUT2D eigenvalue weighted by Gasteiger charge is 2.07. The van der Waals surface area contributed by atoms with Gasteiger partial charge in [-0.25, -0.2) is 4.98 Å². The number of aromatic nitrogens is 1. The maximum atomic E-state index is 11.2. The van der Waals surface area contributed by atoms with Crippen molar-refractivity contribution < 1.29 is 4.79 Å². The number of nitrogens with one attached hydrogen (secondary N) is 1. The third kappa shape index (κ3) is 2.78. The molecule has 0 fully saturated rings. The monoisotopic (exact) mass is 306 g/mol. The van der Waals surface area contributed by atoms with Gasteiger partial charge in [0.1, 0.15) is 5.82 Å². The Bertz CT molecular complexity index is 600. The first-order chi connectivity index (χ1) is 8.56. The Kier molecular flexibility index (Phi) is 3.47. The Morgan fingerprint density at radius 2 is 2.11 bits per heavy atom. The molecule has 6 heteroatoms. The van der Waals surface area contributed by atoms with E-state index in [2.05, 4.69) is 26.2 Å². The number of benzene rings is 1. The van der Waals surface area contributed by atoms with Gasteiger partial charge in [-0.1, -0.05) is 22.0 Å². The predicted molar refractivity (Wildman–Crippen MR) is 74.6 cm³/mol. The van der Waals surface area contributed by atoms with Crippen LogP contribution in [-0.2, 0) is 0 Å². The summed E-state index contributed by atoms with van der Waals surface area (Å²) in [4.78, 5) is 15.2. The topological polar surface area (TPSA) is 94.0 Å². The Morgan fingerprint density at radius 1 is 1.33 bits per heavy atom. The Hall–Kier alpha value is -2.08. The molecule has 0 aliphatic rings. The Labute approximate surface area is 112 Å². The third-order valence-electron chi connectivity index (χ3n) is 2.30. The summed E-state index contributed by atoms with van der Waals surface area (Å²) in [6.07, 6.45) is 1.40. The molecule has 5 N–H and O–H groups in total. The number of carbonyl (C=O) groups excluding carboxylic acids is 1. The Balaban J connectivity index is 2.30.